The largest absolute Gasteiger partial charge is 0.337 e. The first-order chi connectivity index (χ1) is 5.34. The van der Waals surface area contributed by atoms with Gasteiger partial charge < -0.3 is 10.2 Å². The molecule has 1 aliphatic heterocycles. The van der Waals surface area contributed by atoms with Crippen molar-refractivity contribution < 1.29 is 10.2 Å². The number of quaternary nitrogens is 2. The first kappa shape index (κ1) is 9.01. The Bertz CT molecular complexity index is 97.7. The van der Waals surface area contributed by atoms with Crippen molar-refractivity contribution in [1.29, 1.82) is 0 Å². The minimum absolute atomic E-state index is 0.897. The van der Waals surface area contributed by atoms with Crippen LogP contribution in [-0.4, -0.2) is 32.2 Å². The first-order valence-electron chi connectivity index (χ1n) is 5.00. The minimum Gasteiger partial charge on any atom is -0.337 e. The molecule has 2 nitrogen and oxygen atoms in total. The highest BCUT2D eigenvalue weighted by Gasteiger charge is 2.20. The van der Waals surface area contributed by atoms with Crippen molar-refractivity contribution in [3.63, 3.8) is 0 Å². The van der Waals surface area contributed by atoms with Crippen molar-refractivity contribution in [3.8, 4) is 0 Å². The number of nitrogens with two attached hydrogens (primary N) is 1. The maximum Gasteiger partial charge on any atom is 0.127 e. The van der Waals surface area contributed by atoms with Crippen LogP contribution in [0.15, 0.2) is 0 Å². The molecular weight excluding hydrogens is 136 g/mol. The van der Waals surface area contributed by atoms with E-state index in [9.17, 15) is 0 Å². The highest BCUT2D eigenvalue weighted by Crippen LogP contribution is 1.90. The second-order valence-electron chi connectivity index (χ2n) is 3.71. The van der Waals surface area contributed by atoms with E-state index in [1.807, 2.05) is 4.90 Å². The van der Waals surface area contributed by atoms with Gasteiger partial charge in [0.2, 0.25) is 0 Å². The van der Waals surface area contributed by atoms with Crippen LogP contribution in [-0.2, 0) is 0 Å². The summed E-state index contributed by atoms with van der Waals surface area (Å²) in [7, 11) is 0. The van der Waals surface area contributed by atoms with Crippen molar-refractivity contribution in [2.45, 2.75) is 32.7 Å². The quantitative estimate of drug-likeness (QED) is 0.506. The van der Waals surface area contributed by atoms with Crippen LogP contribution in [0.5, 0.6) is 0 Å². The Balaban J connectivity index is 2.21. The molecular formula is C9H22N2+2. The lowest BCUT2D eigenvalue weighted by atomic mass is 10.1. The van der Waals surface area contributed by atoms with E-state index in [0.717, 1.165) is 6.04 Å². The first-order valence-corrected chi connectivity index (χ1v) is 5.00. The third-order valence-corrected chi connectivity index (χ3v) is 2.76. The van der Waals surface area contributed by atoms with E-state index in [0.29, 0.717) is 0 Å². The zero-order valence-electron chi connectivity index (χ0n) is 7.90. The van der Waals surface area contributed by atoms with Gasteiger partial charge in [-0.3, -0.25) is 0 Å². The molecule has 1 aliphatic rings. The zero-order valence-corrected chi connectivity index (χ0v) is 7.90. The maximum absolute atomic E-state index is 2.43. The Hall–Kier alpha value is -0.0800. The lowest BCUT2D eigenvalue weighted by Gasteiger charge is -2.27. The third-order valence-electron chi connectivity index (χ3n) is 2.76. The summed E-state index contributed by atoms with van der Waals surface area (Å²) in [5, 5.41) is 2.43. The molecule has 0 aromatic carbocycles. The molecule has 0 aromatic heterocycles. The third kappa shape index (κ3) is 2.80. The monoisotopic (exact) mass is 158 g/mol. The predicted octanol–water partition coefficient (Wildman–Crippen LogP) is -1.36. The van der Waals surface area contributed by atoms with Crippen LogP contribution in [0, 0.1) is 0 Å². The van der Waals surface area contributed by atoms with Gasteiger partial charge >= 0.3 is 0 Å². The Kier molecular flexibility index (Phi) is 3.87. The number of rotatable bonds is 3. The molecule has 0 aliphatic carbocycles. The topological polar surface area (TPSA) is 21.1 Å². The van der Waals surface area contributed by atoms with Gasteiger partial charge in [-0.2, -0.15) is 0 Å². The van der Waals surface area contributed by atoms with E-state index < -0.39 is 0 Å². The molecule has 1 atom stereocenters. The molecule has 0 bridgehead atoms. The summed E-state index contributed by atoms with van der Waals surface area (Å²) in [6.07, 6.45) is 2.74. The van der Waals surface area contributed by atoms with Gasteiger partial charge in [-0.15, -0.1) is 0 Å². The smallest absolute Gasteiger partial charge is 0.127 e. The molecule has 2 heteroatoms. The Morgan fingerprint density at radius 1 is 1.36 bits per heavy atom. The summed E-state index contributed by atoms with van der Waals surface area (Å²) in [5.74, 6) is 0. The van der Waals surface area contributed by atoms with Crippen LogP contribution < -0.4 is 10.2 Å². The minimum atomic E-state index is 0.897. The number of hydrogen-bond donors (Lipinski definition) is 2. The van der Waals surface area contributed by atoms with Gasteiger partial charge in [0.15, 0.2) is 0 Å². The Labute approximate surface area is 70.0 Å². The fourth-order valence-corrected chi connectivity index (χ4v) is 1.97. The van der Waals surface area contributed by atoms with E-state index in [2.05, 4.69) is 19.2 Å². The summed E-state index contributed by atoms with van der Waals surface area (Å²) in [4.78, 5) is 1.83. The molecule has 3 N–H and O–H groups in total. The second-order valence-corrected chi connectivity index (χ2v) is 3.71. The van der Waals surface area contributed by atoms with Crippen molar-refractivity contribution >= 4 is 0 Å². The summed E-state index contributed by atoms with van der Waals surface area (Å²) >= 11 is 0. The van der Waals surface area contributed by atoms with Gasteiger partial charge in [-0.25, -0.2) is 0 Å². The normalized spacial score (nSPS) is 23.5. The van der Waals surface area contributed by atoms with Crippen LogP contribution in [0.2, 0.25) is 0 Å². The summed E-state index contributed by atoms with van der Waals surface area (Å²) < 4.78 is 0. The molecule has 1 saturated heterocycles. The van der Waals surface area contributed by atoms with E-state index in [1.54, 1.807) is 0 Å². The highest BCUT2D eigenvalue weighted by atomic mass is 15.2. The number of piperazine rings is 1. The van der Waals surface area contributed by atoms with Gasteiger partial charge in [-0.05, 0) is 13.3 Å². The zero-order chi connectivity index (χ0) is 8.10. The van der Waals surface area contributed by atoms with Crippen LogP contribution in [0.25, 0.3) is 0 Å². The van der Waals surface area contributed by atoms with Gasteiger partial charge in [0.1, 0.15) is 26.2 Å². The molecule has 0 aromatic rings. The summed E-state index contributed by atoms with van der Waals surface area (Å²) in [6, 6.07) is 0.897. The van der Waals surface area contributed by atoms with Crippen molar-refractivity contribution in [2.75, 3.05) is 26.2 Å². The number of nitrogens with one attached hydrogen (secondary N) is 1. The highest BCUT2D eigenvalue weighted by molar-refractivity contribution is 4.47. The van der Waals surface area contributed by atoms with E-state index in [1.165, 1.54) is 39.0 Å². The van der Waals surface area contributed by atoms with E-state index in [-0.39, 0.29) is 0 Å². The maximum atomic E-state index is 2.43. The molecule has 0 unspecified atom stereocenters. The molecule has 66 valence electrons. The fraction of sp³-hybridized carbons (Fsp3) is 1.00. The van der Waals surface area contributed by atoms with Gasteiger partial charge in [0.25, 0.3) is 0 Å². The summed E-state index contributed by atoms with van der Waals surface area (Å²) in [6.45, 7) is 10.1. The molecule has 11 heavy (non-hydrogen) atoms. The molecule has 0 saturated carbocycles. The summed E-state index contributed by atoms with van der Waals surface area (Å²) in [5.41, 5.74) is 0. The van der Waals surface area contributed by atoms with Crippen molar-refractivity contribution in [3.05, 3.63) is 0 Å². The molecule has 1 heterocycles. The van der Waals surface area contributed by atoms with Gasteiger partial charge in [0, 0.05) is 0 Å². The SMILES string of the molecule is CCC[C@H](C)[NH+]1CC[NH2+]CC1. The number of hydrogen-bond acceptors (Lipinski definition) is 0. The average molecular weight is 158 g/mol. The lowest BCUT2D eigenvalue weighted by Crippen LogP contribution is -3.22. The van der Waals surface area contributed by atoms with Crippen LogP contribution >= 0.6 is 0 Å². The van der Waals surface area contributed by atoms with Crippen molar-refractivity contribution in [1.82, 2.24) is 0 Å². The Morgan fingerprint density at radius 3 is 2.55 bits per heavy atom. The standard InChI is InChI=1S/C9H20N2/c1-3-4-9(2)11-7-5-10-6-8-11/h9-10H,3-8H2,1-2H3/p+2/t9-/m0/s1. The molecule has 1 fully saturated rings. The second kappa shape index (κ2) is 4.73. The van der Waals surface area contributed by atoms with E-state index >= 15 is 0 Å². The van der Waals surface area contributed by atoms with Crippen molar-refractivity contribution in [2.24, 2.45) is 0 Å². The van der Waals surface area contributed by atoms with Gasteiger partial charge in [-0.1, -0.05) is 13.3 Å². The fourth-order valence-electron chi connectivity index (χ4n) is 1.97. The average Bonchev–Trinajstić information content (AvgIpc) is 2.07. The predicted molar refractivity (Wildman–Crippen MR) is 46.7 cm³/mol. The Morgan fingerprint density at radius 2 is 2.00 bits per heavy atom. The lowest BCUT2D eigenvalue weighted by molar-refractivity contribution is -0.965. The van der Waals surface area contributed by atoms with E-state index in [4.69, 9.17) is 0 Å². The van der Waals surface area contributed by atoms with Crippen LogP contribution in [0.1, 0.15) is 26.7 Å². The molecule has 0 radical (unpaired) electrons. The molecule has 1 rings (SSSR count). The van der Waals surface area contributed by atoms with Crippen LogP contribution in [0.4, 0.5) is 0 Å². The van der Waals surface area contributed by atoms with Crippen LogP contribution in [0.3, 0.4) is 0 Å². The van der Waals surface area contributed by atoms with Gasteiger partial charge in [0.05, 0.1) is 6.04 Å². The molecule has 0 spiro atoms. The molecule has 0 amide bonds.